The van der Waals surface area contributed by atoms with E-state index in [1.807, 2.05) is 37.3 Å². The van der Waals surface area contributed by atoms with Gasteiger partial charge in [0.2, 0.25) is 5.91 Å². The van der Waals surface area contributed by atoms with Gasteiger partial charge in [-0.2, -0.15) is 0 Å². The molecule has 21 heavy (non-hydrogen) atoms. The third-order valence-electron chi connectivity index (χ3n) is 2.97. The molecule has 3 N–H and O–H groups in total. The maximum Gasteiger partial charge on any atom is 0.221 e. The Hall–Kier alpha value is -1.85. The van der Waals surface area contributed by atoms with Gasteiger partial charge in [-0.3, -0.25) is 4.79 Å². The maximum absolute atomic E-state index is 11.3. The Morgan fingerprint density at radius 3 is 2.57 bits per heavy atom. The Kier molecular flexibility index (Phi) is 4.98. The lowest BCUT2D eigenvalue weighted by Gasteiger charge is -2.23. The molecule has 0 bridgehead atoms. The van der Waals surface area contributed by atoms with Gasteiger partial charge in [0.1, 0.15) is 11.9 Å². The van der Waals surface area contributed by atoms with Crippen molar-refractivity contribution in [3.63, 3.8) is 0 Å². The molecule has 0 aliphatic carbocycles. The largest absolute Gasteiger partial charge is 0.481 e. The second-order valence-electron chi connectivity index (χ2n) is 5.02. The first-order valence-corrected chi connectivity index (χ1v) is 7.64. The first-order valence-electron chi connectivity index (χ1n) is 6.82. The van der Waals surface area contributed by atoms with E-state index in [4.69, 9.17) is 10.5 Å². The zero-order valence-electron chi connectivity index (χ0n) is 12.4. The number of amides is 1. The number of hydrogen-bond acceptors (Lipinski definition) is 4. The van der Waals surface area contributed by atoms with Gasteiger partial charge in [-0.25, -0.2) is 0 Å². The fourth-order valence-electron chi connectivity index (χ4n) is 2.03. The molecule has 1 aromatic carbocycles. The molecule has 0 aliphatic rings. The number of aryl methyl sites for hydroxylation is 1. The molecule has 1 aromatic heterocycles. The molecule has 2 atom stereocenters. The number of benzene rings is 1. The SMILES string of the molecule is CC(=O)Nc1ccccc1OC(c1ccc(C)s1)C(C)N. The van der Waals surface area contributed by atoms with Crippen molar-refractivity contribution in [1.29, 1.82) is 0 Å². The van der Waals surface area contributed by atoms with Crippen LogP contribution in [0.2, 0.25) is 0 Å². The van der Waals surface area contributed by atoms with E-state index in [0.717, 1.165) is 4.88 Å². The van der Waals surface area contributed by atoms with Gasteiger partial charge in [-0.05, 0) is 38.1 Å². The highest BCUT2D eigenvalue weighted by molar-refractivity contribution is 7.12. The lowest BCUT2D eigenvalue weighted by Crippen LogP contribution is -2.28. The summed E-state index contributed by atoms with van der Waals surface area (Å²) in [6.45, 7) is 5.45. The van der Waals surface area contributed by atoms with Crippen LogP contribution in [-0.2, 0) is 4.79 Å². The van der Waals surface area contributed by atoms with E-state index < -0.39 is 0 Å². The third kappa shape index (κ3) is 4.06. The summed E-state index contributed by atoms with van der Waals surface area (Å²) >= 11 is 1.67. The highest BCUT2D eigenvalue weighted by Crippen LogP contribution is 2.33. The van der Waals surface area contributed by atoms with Gasteiger partial charge < -0.3 is 15.8 Å². The first kappa shape index (κ1) is 15.5. The van der Waals surface area contributed by atoms with Gasteiger partial charge in [0.25, 0.3) is 0 Å². The lowest BCUT2D eigenvalue weighted by molar-refractivity contribution is -0.114. The number of para-hydroxylation sites is 2. The number of thiophene rings is 1. The van der Waals surface area contributed by atoms with E-state index in [1.54, 1.807) is 11.3 Å². The predicted molar refractivity (Wildman–Crippen MR) is 86.8 cm³/mol. The van der Waals surface area contributed by atoms with Gasteiger partial charge in [0, 0.05) is 22.7 Å². The van der Waals surface area contributed by atoms with Crippen LogP contribution in [0.15, 0.2) is 36.4 Å². The number of ether oxygens (including phenoxy) is 1. The van der Waals surface area contributed by atoms with Gasteiger partial charge in [0.05, 0.1) is 5.69 Å². The molecule has 0 saturated heterocycles. The van der Waals surface area contributed by atoms with Crippen molar-refractivity contribution in [2.24, 2.45) is 5.73 Å². The number of carbonyl (C=O) groups excluding carboxylic acids is 1. The molecule has 0 fully saturated rings. The summed E-state index contributed by atoms with van der Waals surface area (Å²) in [6.07, 6.45) is -0.237. The molecule has 0 spiro atoms. The van der Waals surface area contributed by atoms with Gasteiger partial charge in [0.15, 0.2) is 0 Å². The summed E-state index contributed by atoms with van der Waals surface area (Å²) in [5.41, 5.74) is 6.73. The van der Waals surface area contributed by atoms with Crippen LogP contribution in [-0.4, -0.2) is 11.9 Å². The van der Waals surface area contributed by atoms with E-state index in [0.29, 0.717) is 11.4 Å². The number of nitrogens with one attached hydrogen (secondary N) is 1. The summed E-state index contributed by atoms with van der Waals surface area (Å²) < 4.78 is 6.08. The van der Waals surface area contributed by atoms with Crippen LogP contribution >= 0.6 is 11.3 Å². The van der Waals surface area contributed by atoms with Crippen LogP contribution in [0.5, 0.6) is 5.75 Å². The second kappa shape index (κ2) is 6.74. The molecular formula is C16H20N2O2S. The van der Waals surface area contributed by atoms with Crippen LogP contribution in [0.4, 0.5) is 5.69 Å². The van der Waals surface area contributed by atoms with Crippen molar-refractivity contribution >= 4 is 22.9 Å². The molecule has 5 heteroatoms. The van der Waals surface area contributed by atoms with E-state index in [9.17, 15) is 4.79 Å². The Labute approximate surface area is 128 Å². The second-order valence-corrected chi connectivity index (χ2v) is 6.34. The maximum atomic E-state index is 11.3. The van der Waals surface area contributed by atoms with E-state index in [-0.39, 0.29) is 18.1 Å². The van der Waals surface area contributed by atoms with Crippen LogP contribution in [0, 0.1) is 6.92 Å². The number of carbonyl (C=O) groups is 1. The fraction of sp³-hybridized carbons (Fsp3) is 0.312. The minimum Gasteiger partial charge on any atom is -0.481 e. The normalized spacial score (nSPS) is 13.5. The number of anilines is 1. The summed E-state index contributed by atoms with van der Waals surface area (Å²) in [5.74, 6) is 0.497. The monoisotopic (exact) mass is 304 g/mol. The number of rotatable bonds is 5. The van der Waals surface area contributed by atoms with Crippen molar-refractivity contribution in [2.45, 2.75) is 32.9 Å². The predicted octanol–water partition coefficient (Wildman–Crippen LogP) is 3.48. The van der Waals surface area contributed by atoms with Crippen molar-refractivity contribution in [3.05, 3.63) is 46.2 Å². The van der Waals surface area contributed by atoms with Crippen molar-refractivity contribution in [3.8, 4) is 5.75 Å². The zero-order chi connectivity index (χ0) is 15.4. The molecule has 0 aliphatic heterocycles. The summed E-state index contributed by atoms with van der Waals surface area (Å²) in [7, 11) is 0. The van der Waals surface area contributed by atoms with Crippen LogP contribution in [0.3, 0.4) is 0 Å². The minimum absolute atomic E-state index is 0.129. The molecule has 4 nitrogen and oxygen atoms in total. The quantitative estimate of drug-likeness (QED) is 0.889. The zero-order valence-corrected chi connectivity index (χ0v) is 13.2. The molecule has 2 rings (SSSR count). The van der Waals surface area contributed by atoms with Gasteiger partial charge in [-0.15, -0.1) is 11.3 Å². The number of nitrogens with two attached hydrogens (primary N) is 1. The topological polar surface area (TPSA) is 64.3 Å². The smallest absolute Gasteiger partial charge is 0.221 e. The van der Waals surface area contributed by atoms with Crippen LogP contribution in [0.1, 0.15) is 29.7 Å². The molecule has 0 saturated carbocycles. The Bertz CT molecular complexity index is 622. The van der Waals surface area contributed by atoms with Crippen LogP contribution < -0.4 is 15.8 Å². The standard InChI is InChI=1S/C16H20N2O2S/c1-10-8-9-15(21-10)16(11(2)17)20-14-7-5-4-6-13(14)18-12(3)19/h4-9,11,16H,17H2,1-3H3,(H,18,19). The molecule has 1 heterocycles. The fourth-order valence-corrected chi connectivity index (χ4v) is 3.05. The summed E-state index contributed by atoms with van der Waals surface area (Å²) in [4.78, 5) is 13.6. The highest BCUT2D eigenvalue weighted by Gasteiger charge is 2.21. The lowest BCUT2D eigenvalue weighted by atomic mass is 10.1. The van der Waals surface area contributed by atoms with Gasteiger partial charge in [-0.1, -0.05) is 12.1 Å². The summed E-state index contributed by atoms with van der Waals surface area (Å²) in [6, 6.07) is 11.3. The molecule has 112 valence electrons. The summed E-state index contributed by atoms with van der Waals surface area (Å²) in [5, 5.41) is 2.77. The van der Waals surface area contributed by atoms with E-state index in [2.05, 4.69) is 18.3 Å². The van der Waals surface area contributed by atoms with E-state index >= 15 is 0 Å². The number of hydrogen-bond donors (Lipinski definition) is 2. The van der Waals surface area contributed by atoms with Crippen molar-refractivity contribution < 1.29 is 9.53 Å². The Balaban J connectivity index is 2.27. The average molecular weight is 304 g/mol. The molecule has 1 amide bonds. The molecule has 0 radical (unpaired) electrons. The van der Waals surface area contributed by atoms with Crippen molar-refractivity contribution in [2.75, 3.05) is 5.32 Å². The third-order valence-corrected chi connectivity index (χ3v) is 4.03. The van der Waals surface area contributed by atoms with Crippen LogP contribution in [0.25, 0.3) is 0 Å². The van der Waals surface area contributed by atoms with Gasteiger partial charge >= 0.3 is 0 Å². The molecule has 2 aromatic rings. The average Bonchev–Trinajstić information content (AvgIpc) is 2.83. The van der Waals surface area contributed by atoms with Crippen molar-refractivity contribution in [1.82, 2.24) is 0 Å². The molecular weight excluding hydrogens is 284 g/mol. The Morgan fingerprint density at radius 1 is 1.29 bits per heavy atom. The Morgan fingerprint density at radius 2 is 2.00 bits per heavy atom. The minimum atomic E-state index is -0.237. The molecule has 2 unspecified atom stereocenters. The van der Waals surface area contributed by atoms with E-state index in [1.165, 1.54) is 11.8 Å². The first-order chi connectivity index (χ1) is 9.97. The highest BCUT2D eigenvalue weighted by atomic mass is 32.1.